The van der Waals surface area contributed by atoms with Gasteiger partial charge in [0.2, 0.25) is 0 Å². The van der Waals surface area contributed by atoms with Crippen molar-refractivity contribution in [1.82, 2.24) is 10.2 Å². The van der Waals surface area contributed by atoms with Crippen molar-refractivity contribution < 1.29 is 9.53 Å². The van der Waals surface area contributed by atoms with E-state index in [-0.39, 0.29) is 6.03 Å². The number of amides is 2. The van der Waals surface area contributed by atoms with Crippen LogP contribution < -0.4 is 15.8 Å². The highest BCUT2D eigenvalue weighted by atomic mass is 16.5. The molecule has 0 aliphatic rings. The lowest BCUT2D eigenvalue weighted by Crippen LogP contribution is -2.38. The van der Waals surface area contributed by atoms with Gasteiger partial charge in [0.25, 0.3) is 0 Å². The van der Waals surface area contributed by atoms with Gasteiger partial charge in [-0.1, -0.05) is 0 Å². The molecule has 0 bridgehead atoms. The molecule has 2 amide bonds. The fourth-order valence-corrected chi connectivity index (χ4v) is 1.17. The number of nitrogens with two attached hydrogens (primary N) is 1. The number of nitrogens with one attached hydrogen (secondary N) is 1. The standard InChI is InChI=1S/C12H19N3O2/c1-3-15(2)12(16)14-8-9-17-11-6-4-10(13)5-7-11/h4-7H,3,8-9,13H2,1-2H3,(H,14,16). The quantitative estimate of drug-likeness (QED) is 0.599. The van der Waals surface area contributed by atoms with Gasteiger partial charge in [0.15, 0.2) is 0 Å². The fraction of sp³-hybridized carbons (Fsp3) is 0.417. The molecule has 1 aromatic carbocycles. The Labute approximate surface area is 102 Å². The molecule has 0 fully saturated rings. The van der Waals surface area contributed by atoms with Gasteiger partial charge < -0.3 is 20.7 Å². The smallest absolute Gasteiger partial charge is 0.317 e. The molecule has 5 heteroatoms. The molecule has 3 N–H and O–H groups in total. The number of benzene rings is 1. The zero-order valence-electron chi connectivity index (χ0n) is 10.3. The molecule has 1 rings (SSSR count). The average Bonchev–Trinajstić information content (AvgIpc) is 2.35. The van der Waals surface area contributed by atoms with Crippen molar-refractivity contribution in [3.05, 3.63) is 24.3 Å². The van der Waals surface area contributed by atoms with E-state index in [4.69, 9.17) is 10.5 Å². The second kappa shape index (κ2) is 6.62. The monoisotopic (exact) mass is 237 g/mol. The summed E-state index contributed by atoms with van der Waals surface area (Å²) in [6, 6.07) is 7.07. The van der Waals surface area contributed by atoms with Crippen molar-refractivity contribution in [2.45, 2.75) is 6.92 Å². The summed E-state index contributed by atoms with van der Waals surface area (Å²) in [5.41, 5.74) is 6.26. The second-order valence-corrected chi connectivity index (χ2v) is 3.66. The third kappa shape index (κ3) is 4.63. The van der Waals surface area contributed by atoms with Crippen LogP contribution in [0, 0.1) is 0 Å². The zero-order valence-corrected chi connectivity index (χ0v) is 10.3. The maximum absolute atomic E-state index is 11.4. The minimum absolute atomic E-state index is 0.0894. The van der Waals surface area contributed by atoms with Crippen LogP contribution in [0.15, 0.2) is 24.3 Å². The van der Waals surface area contributed by atoms with Crippen molar-refractivity contribution in [2.24, 2.45) is 0 Å². The third-order valence-corrected chi connectivity index (χ3v) is 2.35. The number of nitrogens with zero attached hydrogens (tertiary/aromatic N) is 1. The molecular weight excluding hydrogens is 218 g/mol. The number of nitrogen functional groups attached to an aromatic ring is 1. The first-order valence-corrected chi connectivity index (χ1v) is 5.60. The highest BCUT2D eigenvalue weighted by Crippen LogP contribution is 2.12. The first kappa shape index (κ1) is 13.2. The molecule has 0 spiro atoms. The number of hydrogen-bond acceptors (Lipinski definition) is 3. The lowest BCUT2D eigenvalue weighted by molar-refractivity contribution is 0.207. The summed E-state index contributed by atoms with van der Waals surface area (Å²) in [5.74, 6) is 0.747. The van der Waals surface area contributed by atoms with Gasteiger partial charge in [0.1, 0.15) is 12.4 Å². The second-order valence-electron chi connectivity index (χ2n) is 3.66. The number of ether oxygens (including phenoxy) is 1. The molecular formula is C12H19N3O2. The van der Waals surface area contributed by atoms with E-state index in [1.54, 1.807) is 36.2 Å². The molecule has 0 radical (unpaired) electrons. The maximum Gasteiger partial charge on any atom is 0.317 e. The van der Waals surface area contributed by atoms with Crippen molar-refractivity contribution in [2.75, 3.05) is 32.5 Å². The van der Waals surface area contributed by atoms with E-state index in [0.29, 0.717) is 25.4 Å². The van der Waals surface area contributed by atoms with Gasteiger partial charge in [-0.15, -0.1) is 0 Å². The fourth-order valence-electron chi connectivity index (χ4n) is 1.17. The molecule has 0 atom stereocenters. The SMILES string of the molecule is CCN(C)C(=O)NCCOc1ccc(N)cc1. The van der Waals surface area contributed by atoms with E-state index in [1.807, 2.05) is 6.92 Å². The van der Waals surface area contributed by atoms with Crippen molar-refractivity contribution in [3.63, 3.8) is 0 Å². The first-order chi connectivity index (χ1) is 8.13. The predicted octanol–water partition coefficient (Wildman–Crippen LogP) is 1.31. The Balaban J connectivity index is 2.20. The van der Waals surface area contributed by atoms with Crippen LogP contribution >= 0.6 is 0 Å². The van der Waals surface area contributed by atoms with Gasteiger partial charge in [0.05, 0.1) is 6.54 Å². The van der Waals surface area contributed by atoms with Crippen LogP contribution in [-0.4, -0.2) is 37.7 Å². The van der Waals surface area contributed by atoms with Crippen LogP contribution in [0.2, 0.25) is 0 Å². The Hall–Kier alpha value is -1.91. The number of urea groups is 1. The van der Waals surface area contributed by atoms with Gasteiger partial charge in [-0.2, -0.15) is 0 Å². The summed E-state index contributed by atoms with van der Waals surface area (Å²) >= 11 is 0. The van der Waals surface area contributed by atoms with Crippen molar-refractivity contribution in [3.8, 4) is 5.75 Å². The van der Waals surface area contributed by atoms with Crippen LogP contribution in [0.1, 0.15) is 6.92 Å². The molecule has 0 aliphatic heterocycles. The summed E-state index contributed by atoms with van der Waals surface area (Å²) in [6.07, 6.45) is 0. The summed E-state index contributed by atoms with van der Waals surface area (Å²) in [5, 5.41) is 2.75. The number of carbonyl (C=O) groups excluding carboxylic acids is 1. The highest BCUT2D eigenvalue weighted by molar-refractivity contribution is 5.73. The maximum atomic E-state index is 11.4. The van der Waals surface area contributed by atoms with Crippen LogP contribution in [0.25, 0.3) is 0 Å². The Kier molecular flexibility index (Phi) is 5.13. The van der Waals surface area contributed by atoms with Gasteiger partial charge in [-0.05, 0) is 31.2 Å². The molecule has 94 valence electrons. The van der Waals surface area contributed by atoms with Gasteiger partial charge in [-0.3, -0.25) is 0 Å². The molecule has 1 aromatic rings. The molecule has 17 heavy (non-hydrogen) atoms. The number of rotatable bonds is 5. The Bertz CT molecular complexity index is 351. The normalized spacial score (nSPS) is 9.76. The molecule has 0 aromatic heterocycles. The summed E-state index contributed by atoms with van der Waals surface area (Å²) in [4.78, 5) is 13.0. The number of anilines is 1. The molecule has 0 saturated heterocycles. The zero-order chi connectivity index (χ0) is 12.7. The molecule has 5 nitrogen and oxygen atoms in total. The van der Waals surface area contributed by atoms with Crippen LogP contribution in [0.4, 0.5) is 10.5 Å². The number of hydrogen-bond donors (Lipinski definition) is 2. The predicted molar refractivity (Wildman–Crippen MR) is 68.1 cm³/mol. The van der Waals surface area contributed by atoms with E-state index in [1.165, 1.54) is 0 Å². The van der Waals surface area contributed by atoms with Crippen LogP contribution in [0.5, 0.6) is 5.75 Å². The Morgan fingerprint density at radius 1 is 1.41 bits per heavy atom. The van der Waals surface area contributed by atoms with E-state index in [9.17, 15) is 4.79 Å². The minimum atomic E-state index is -0.0894. The van der Waals surface area contributed by atoms with Gasteiger partial charge in [-0.25, -0.2) is 4.79 Å². The lowest BCUT2D eigenvalue weighted by Gasteiger charge is -2.15. The summed E-state index contributed by atoms with van der Waals surface area (Å²) in [7, 11) is 1.75. The van der Waals surface area contributed by atoms with Crippen molar-refractivity contribution >= 4 is 11.7 Å². The topological polar surface area (TPSA) is 67.6 Å². The van der Waals surface area contributed by atoms with Gasteiger partial charge >= 0.3 is 6.03 Å². The molecule has 0 unspecified atom stereocenters. The lowest BCUT2D eigenvalue weighted by atomic mass is 10.3. The van der Waals surface area contributed by atoms with E-state index >= 15 is 0 Å². The minimum Gasteiger partial charge on any atom is -0.492 e. The van der Waals surface area contributed by atoms with E-state index < -0.39 is 0 Å². The summed E-state index contributed by atoms with van der Waals surface area (Å²) in [6.45, 7) is 3.52. The number of carbonyl (C=O) groups is 1. The van der Waals surface area contributed by atoms with Crippen LogP contribution in [-0.2, 0) is 0 Å². The largest absolute Gasteiger partial charge is 0.492 e. The average molecular weight is 237 g/mol. The Morgan fingerprint density at radius 2 is 2.06 bits per heavy atom. The molecule has 0 saturated carbocycles. The third-order valence-electron chi connectivity index (χ3n) is 2.35. The van der Waals surface area contributed by atoms with E-state index in [0.717, 1.165) is 5.75 Å². The Morgan fingerprint density at radius 3 is 2.65 bits per heavy atom. The first-order valence-electron chi connectivity index (χ1n) is 5.60. The molecule has 0 aliphatic carbocycles. The van der Waals surface area contributed by atoms with Gasteiger partial charge in [0, 0.05) is 19.3 Å². The van der Waals surface area contributed by atoms with Crippen molar-refractivity contribution in [1.29, 1.82) is 0 Å². The highest BCUT2D eigenvalue weighted by Gasteiger charge is 2.03. The molecule has 0 heterocycles. The van der Waals surface area contributed by atoms with Crippen LogP contribution in [0.3, 0.4) is 0 Å². The summed E-state index contributed by atoms with van der Waals surface area (Å²) < 4.78 is 5.44. The van der Waals surface area contributed by atoms with E-state index in [2.05, 4.69) is 5.32 Å².